The van der Waals surface area contributed by atoms with Crippen molar-refractivity contribution in [3.8, 4) is 0 Å². The molecule has 4 heteroatoms. The molecule has 1 heterocycles. The number of halogens is 3. The van der Waals surface area contributed by atoms with Crippen molar-refractivity contribution < 1.29 is 13.2 Å². The van der Waals surface area contributed by atoms with Gasteiger partial charge < -0.3 is 0 Å². The van der Waals surface area contributed by atoms with Gasteiger partial charge in [-0.25, -0.2) is 0 Å². The summed E-state index contributed by atoms with van der Waals surface area (Å²) in [6.07, 6.45) is -0.446. The Bertz CT molecular complexity index is 909. The number of nitrogens with zero attached hydrogens (tertiary/aromatic N) is 1. The van der Waals surface area contributed by atoms with Crippen LogP contribution >= 0.6 is 0 Å². The highest BCUT2D eigenvalue weighted by molar-refractivity contribution is 5.82. The number of benzene rings is 2. The first-order chi connectivity index (χ1) is 12.4. The minimum absolute atomic E-state index is 0.279. The minimum atomic E-state index is -4.28. The zero-order chi connectivity index (χ0) is 18.3. The lowest BCUT2D eigenvalue weighted by Gasteiger charge is -2.22. The van der Waals surface area contributed by atoms with Gasteiger partial charge in [-0.1, -0.05) is 43.3 Å². The van der Waals surface area contributed by atoms with Crippen LogP contribution in [0, 0.1) is 5.92 Å². The predicted molar refractivity (Wildman–Crippen MR) is 97.1 cm³/mol. The maximum Gasteiger partial charge on any atom is 0.416 e. The first-order valence-corrected chi connectivity index (χ1v) is 8.96. The van der Waals surface area contributed by atoms with Gasteiger partial charge in [0.2, 0.25) is 0 Å². The molecule has 3 aromatic rings. The second-order valence-corrected chi connectivity index (χ2v) is 7.19. The molecule has 0 bridgehead atoms. The van der Waals surface area contributed by atoms with E-state index in [0.717, 1.165) is 29.3 Å². The zero-order valence-electron chi connectivity index (χ0n) is 14.5. The van der Waals surface area contributed by atoms with Crippen LogP contribution in [0.4, 0.5) is 13.2 Å². The smallest absolute Gasteiger partial charge is 0.256 e. The van der Waals surface area contributed by atoms with Gasteiger partial charge in [0, 0.05) is 11.6 Å². The van der Waals surface area contributed by atoms with Crippen molar-refractivity contribution in [3.63, 3.8) is 0 Å². The monoisotopic (exact) mass is 355 g/mol. The molecule has 3 atom stereocenters. The molecule has 0 radical (unpaired) electrons. The van der Waals surface area contributed by atoms with Crippen molar-refractivity contribution in [2.75, 3.05) is 0 Å². The van der Waals surface area contributed by atoms with Crippen LogP contribution in [0.3, 0.4) is 0 Å². The van der Waals surface area contributed by atoms with Crippen molar-refractivity contribution in [2.24, 2.45) is 5.92 Å². The summed E-state index contributed by atoms with van der Waals surface area (Å²) in [5.74, 6) is 1.02. The van der Waals surface area contributed by atoms with Crippen molar-refractivity contribution in [2.45, 2.75) is 37.8 Å². The molecule has 1 saturated carbocycles. The van der Waals surface area contributed by atoms with E-state index in [1.54, 1.807) is 12.1 Å². The zero-order valence-corrected chi connectivity index (χ0v) is 14.5. The van der Waals surface area contributed by atoms with Crippen molar-refractivity contribution >= 4 is 10.9 Å². The van der Waals surface area contributed by atoms with Crippen molar-refractivity contribution in [3.05, 3.63) is 77.5 Å². The lowest BCUT2D eigenvalue weighted by atomic mass is 9.82. The van der Waals surface area contributed by atoms with Gasteiger partial charge in [-0.3, -0.25) is 4.98 Å². The normalized spacial score (nSPS) is 23.5. The molecule has 134 valence electrons. The highest BCUT2D eigenvalue weighted by Gasteiger charge is 2.36. The largest absolute Gasteiger partial charge is 0.416 e. The van der Waals surface area contributed by atoms with E-state index in [0.29, 0.717) is 11.8 Å². The molecule has 0 amide bonds. The number of para-hydroxylation sites is 1. The van der Waals surface area contributed by atoms with Crippen LogP contribution in [0.2, 0.25) is 0 Å². The summed E-state index contributed by atoms with van der Waals surface area (Å²) in [5, 5.41) is 1.13. The summed E-state index contributed by atoms with van der Waals surface area (Å²) < 4.78 is 38.4. The molecule has 0 spiro atoms. The van der Waals surface area contributed by atoms with Crippen LogP contribution in [-0.2, 0) is 6.18 Å². The number of alkyl halides is 3. The van der Waals surface area contributed by atoms with Gasteiger partial charge in [0.05, 0.1) is 11.1 Å². The number of pyridine rings is 1. The van der Waals surface area contributed by atoms with Crippen LogP contribution in [0.25, 0.3) is 10.9 Å². The number of rotatable bonds is 2. The summed E-state index contributed by atoms with van der Waals surface area (Å²) in [7, 11) is 0. The Morgan fingerprint density at radius 2 is 1.58 bits per heavy atom. The Labute approximate surface area is 150 Å². The van der Waals surface area contributed by atoms with E-state index in [9.17, 15) is 13.2 Å². The van der Waals surface area contributed by atoms with E-state index in [4.69, 9.17) is 0 Å². The Morgan fingerprint density at radius 3 is 2.31 bits per heavy atom. The highest BCUT2D eigenvalue weighted by Crippen LogP contribution is 2.49. The first kappa shape index (κ1) is 17.1. The summed E-state index contributed by atoms with van der Waals surface area (Å²) in [4.78, 5) is 4.57. The Kier molecular flexibility index (Phi) is 4.22. The fraction of sp³-hybridized carbons (Fsp3) is 0.318. The minimum Gasteiger partial charge on any atom is -0.256 e. The van der Waals surface area contributed by atoms with Gasteiger partial charge in [0.15, 0.2) is 0 Å². The first-order valence-electron chi connectivity index (χ1n) is 8.96. The Morgan fingerprint density at radius 1 is 0.885 bits per heavy atom. The van der Waals surface area contributed by atoms with Gasteiger partial charge in [-0.15, -0.1) is 0 Å². The maximum atomic E-state index is 12.8. The fourth-order valence-electron chi connectivity index (χ4n) is 4.42. The molecule has 0 saturated heterocycles. The average molecular weight is 355 g/mol. The van der Waals surface area contributed by atoms with Crippen LogP contribution in [0.1, 0.15) is 48.3 Å². The maximum absolute atomic E-state index is 12.8. The van der Waals surface area contributed by atoms with Crippen LogP contribution < -0.4 is 0 Å². The van der Waals surface area contributed by atoms with Crippen molar-refractivity contribution in [1.82, 2.24) is 4.98 Å². The second-order valence-electron chi connectivity index (χ2n) is 7.19. The third kappa shape index (κ3) is 2.98. The number of fused-ring (bicyclic) bond motifs is 1. The van der Waals surface area contributed by atoms with E-state index in [1.807, 2.05) is 12.3 Å². The SMILES string of the molecule is CC1C(c2ccc(C(F)(F)F)cc2)CCC1c1cccc2cccnc12. The highest BCUT2D eigenvalue weighted by atomic mass is 19.4. The average Bonchev–Trinajstić information content (AvgIpc) is 3.02. The molecular formula is C22H20F3N. The summed E-state index contributed by atoms with van der Waals surface area (Å²) in [6, 6.07) is 16.0. The third-order valence-electron chi connectivity index (χ3n) is 5.79. The standard InChI is InChI=1S/C22H20F3N/c1-14-18(15-7-9-17(10-8-15)22(23,24)25)11-12-19(14)20-6-2-4-16-5-3-13-26-21(16)20/h2-10,13-14,18-19H,11-12H2,1H3. The number of hydrogen-bond acceptors (Lipinski definition) is 1. The molecule has 1 nitrogen and oxygen atoms in total. The van der Waals surface area contributed by atoms with E-state index >= 15 is 0 Å². The Balaban J connectivity index is 1.63. The molecule has 1 aromatic heterocycles. The van der Waals surface area contributed by atoms with Gasteiger partial charge >= 0.3 is 6.18 Å². The van der Waals surface area contributed by atoms with E-state index < -0.39 is 11.7 Å². The van der Waals surface area contributed by atoms with Gasteiger partial charge in [0.1, 0.15) is 0 Å². The molecule has 1 aliphatic rings. The topological polar surface area (TPSA) is 12.9 Å². The molecule has 1 aliphatic carbocycles. The predicted octanol–water partition coefficient (Wildman–Crippen LogP) is 6.55. The molecule has 0 aliphatic heterocycles. The Hall–Kier alpha value is -2.36. The lowest BCUT2D eigenvalue weighted by molar-refractivity contribution is -0.137. The number of aromatic nitrogens is 1. The summed E-state index contributed by atoms with van der Waals surface area (Å²) >= 11 is 0. The summed E-state index contributed by atoms with van der Waals surface area (Å²) in [6.45, 7) is 2.21. The molecular weight excluding hydrogens is 335 g/mol. The third-order valence-corrected chi connectivity index (χ3v) is 5.79. The fourth-order valence-corrected chi connectivity index (χ4v) is 4.42. The van der Waals surface area contributed by atoms with Crippen LogP contribution in [0.5, 0.6) is 0 Å². The van der Waals surface area contributed by atoms with Crippen LogP contribution in [0.15, 0.2) is 60.8 Å². The van der Waals surface area contributed by atoms with Gasteiger partial charge in [-0.2, -0.15) is 13.2 Å². The quantitative estimate of drug-likeness (QED) is 0.508. The van der Waals surface area contributed by atoms with E-state index in [1.165, 1.54) is 17.7 Å². The summed E-state index contributed by atoms with van der Waals surface area (Å²) in [5.41, 5.74) is 2.72. The van der Waals surface area contributed by atoms with Gasteiger partial charge in [-0.05, 0) is 59.9 Å². The molecule has 2 aromatic carbocycles. The molecule has 4 rings (SSSR count). The van der Waals surface area contributed by atoms with Crippen LogP contribution in [-0.4, -0.2) is 4.98 Å². The number of hydrogen-bond donors (Lipinski definition) is 0. The molecule has 3 unspecified atom stereocenters. The van der Waals surface area contributed by atoms with E-state index in [2.05, 4.69) is 36.2 Å². The van der Waals surface area contributed by atoms with Crippen molar-refractivity contribution in [1.29, 1.82) is 0 Å². The lowest BCUT2D eigenvalue weighted by Crippen LogP contribution is -2.10. The molecule has 26 heavy (non-hydrogen) atoms. The van der Waals surface area contributed by atoms with E-state index in [-0.39, 0.29) is 5.92 Å². The second kappa shape index (κ2) is 6.42. The van der Waals surface area contributed by atoms with Gasteiger partial charge in [0.25, 0.3) is 0 Å². The molecule has 0 N–H and O–H groups in total. The molecule has 1 fully saturated rings.